The lowest BCUT2D eigenvalue weighted by Crippen LogP contribution is -2.48. The molecule has 76 valence electrons. The van der Waals surface area contributed by atoms with Crippen LogP contribution in [0.15, 0.2) is 0 Å². The van der Waals surface area contributed by atoms with Crippen LogP contribution in [0.4, 0.5) is 0 Å². The number of carbonyl (C=O) groups is 1. The molecule has 2 nitrogen and oxygen atoms in total. The van der Waals surface area contributed by atoms with Crippen LogP contribution in [0, 0.1) is 0 Å². The fraction of sp³-hybridized carbons (Fsp3) is 0.909. The highest BCUT2D eigenvalue weighted by Crippen LogP contribution is 2.27. The summed E-state index contributed by atoms with van der Waals surface area (Å²) in [6.07, 6.45) is 8.19. The molecule has 1 aliphatic rings. The molecule has 1 N–H and O–H groups in total. The van der Waals surface area contributed by atoms with Crippen LogP contribution in [-0.4, -0.2) is 17.9 Å². The van der Waals surface area contributed by atoms with E-state index in [2.05, 4.69) is 19.2 Å². The Bertz CT molecular complexity index is 161. The summed E-state index contributed by atoms with van der Waals surface area (Å²) in [6, 6.07) is 0.334. The highest BCUT2D eigenvalue weighted by atomic mass is 16.1. The normalized spacial score (nSPS) is 23.8. The van der Waals surface area contributed by atoms with E-state index in [4.69, 9.17) is 0 Å². The first-order chi connectivity index (χ1) is 6.16. The number of hydrogen-bond donors (Lipinski definition) is 1. The fourth-order valence-electron chi connectivity index (χ4n) is 2.27. The Balaban J connectivity index is 2.35. The van der Waals surface area contributed by atoms with Gasteiger partial charge in [0.2, 0.25) is 0 Å². The SMILES string of the molecule is CC(CC=O)NC1(C)CCCCC1. The minimum atomic E-state index is 0.292. The third kappa shape index (κ3) is 3.47. The predicted octanol–water partition coefficient (Wildman–Crippen LogP) is 2.28. The van der Waals surface area contributed by atoms with Gasteiger partial charge in [-0.3, -0.25) is 0 Å². The molecular weight excluding hydrogens is 162 g/mol. The van der Waals surface area contributed by atoms with Crippen molar-refractivity contribution >= 4 is 6.29 Å². The van der Waals surface area contributed by atoms with Crippen LogP contribution >= 0.6 is 0 Å². The van der Waals surface area contributed by atoms with Crippen LogP contribution in [0.5, 0.6) is 0 Å². The van der Waals surface area contributed by atoms with Gasteiger partial charge in [-0.15, -0.1) is 0 Å². The summed E-state index contributed by atoms with van der Waals surface area (Å²) >= 11 is 0. The van der Waals surface area contributed by atoms with Gasteiger partial charge in [0.1, 0.15) is 6.29 Å². The number of aldehydes is 1. The Labute approximate surface area is 81.1 Å². The van der Waals surface area contributed by atoms with Crippen molar-refractivity contribution in [1.82, 2.24) is 5.32 Å². The molecule has 0 spiro atoms. The van der Waals surface area contributed by atoms with Crippen molar-refractivity contribution < 1.29 is 4.79 Å². The number of hydrogen-bond acceptors (Lipinski definition) is 2. The van der Waals surface area contributed by atoms with Crippen molar-refractivity contribution in [1.29, 1.82) is 0 Å². The second-order valence-electron chi connectivity index (χ2n) is 4.57. The monoisotopic (exact) mass is 183 g/mol. The van der Waals surface area contributed by atoms with Crippen LogP contribution < -0.4 is 5.32 Å². The molecule has 1 aliphatic carbocycles. The lowest BCUT2D eigenvalue weighted by molar-refractivity contribution is -0.108. The van der Waals surface area contributed by atoms with Gasteiger partial charge in [-0.1, -0.05) is 19.3 Å². The Morgan fingerprint density at radius 3 is 2.54 bits per heavy atom. The standard InChI is InChI=1S/C11H21NO/c1-10(6-9-13)12-11(2)7-4-3-5-8-11/h9-10,12H,3-8H2,1-2H3. The Morgan fingerprint density at radius 1 is 1.38 bits per heavy atom. The van der Waals surface area contributed by atoms with E-state index in [1.54, 1.807) is 0 Å². The summed E-state index contributed by atoms with van der Waals surface area (Å²) in [5.41, 5.74) is 0.292. The topological polar surface area (TPSA) is 29.1 Å². The van der Waals surface area contributed by atoms with Gasteiger partial charge in [-0.2, -0.15) is 0 Å². The summed E-state index contributed by atoms with van der Waals surface area (Å²) in [5, 5.41) is 3.56. The quantitative estimate of drug-likeness (QED) is 0.677. The molecule has 1 saturated carbocycles. The molecule has 1 rings (SSSR count). The highest BCUT2D eigenvalue weighted by Gasteiger charge is 2.27. The Kier molecular flexibility index (Phi) is 3.91. The Hall–Kier alpha value is -0.370. The van der Waals surface area contributed by atoms with Gasteiger partial charge in [0, 0.05) is 18.0 Å². The summed E-state index contributed by atoms with van der Waals surface area (Å²) in [5.74, 6) is 0. The molecule has 0 aromatic carbocycles. The zero-order chi connectivity index (χ0) is 9.73. The maximum Gasteiger partial charge on any atom is 0.121 e. The number of rotatable bonds is 4. The molecule has 2 heteroatoms. The highest BCUT2D eigenvalue weighted by molar-refractivity contribution is 5.50. The molecule has 0 radical (unpaired) electrons. The zero-order valence-electron chi connectivity index (χ0n) is 8.81. The first-order valence-electron chi connectivity index (χ1n) is 5.38. The van der Waals surface area contributed by atoms with E-state index < -0.39 is 0 Å². The van der Waals surface area contributed by atoms with Crippen LogP contribution in [0.1, 0.15) is 52.4 Å². The van der Waals surface area contributed by atoms with Crippen molar-refractivity contribution in [3.05, 3.63) is 0 Å². The van der Waals surface area contributed by atoms with Crippen LogP contribution in [0.3, 0.4) is 0 Å². The van der Waals surface area contributed by atoms with Crippen molar-refractivity contribution in [3.63, 3.8) is 0 Å². The van der Waals surface area contributed by atoms with Crippen molar-refractivity contribution in [2.24, 2.45) is 0 Å². The minimum Gasteiger partial charge on any atom is -0.309 e. The molecule has 0 aromatic heterocycles. The van der Waals surface area contributed by atoms with Crippen LogP contribution in [0.2, 0.25) is 0 Å². The van der Waals surface area contributed by atoms with Gasteiger partial charge in [0.05, 0.1) is 0 Å². The van der Waals surface area contributed by atoms with Gasteiger partial charge in [0.25, 0.3) is 0 Å². The minimum absolute atomic E-state index is 0.292. The molecule has 0 bridgehead atoms. The first kappa shape index (κ1) is 10.7. The first-order valence-corrected chi connectivity index (χ1v) is 5.38. The number of nitrogens with one attached hydrogen (secondary N) is 1. The van der Waals surface area contributed by atoms with E-state index in [-0.39, 0.29) is 0 Å². The summed E-state index contributed by atoms with van der Waals surface area (Å²) < 4.78 is 0. The zero-order valence-corrected chi connectivity index (χ0v) is 8.81. The average Bonchev–Trinajstić information content (AvgIpc) is 2.04. The smallest absolute Gasteiger partial charge is 0.121 e. The van der Waals surface area contributed by atoms with Gasteiger partial charge in [0.15, 0.2) is 0 Å². The van der Waals surface area contributed by atoms with E-state index in [1.165, 1.54) is 32.1 Å². The summed E-state index contributed by atoms with van der Waals surface area (Å²) in [7, 11) is 0. The maximum absolute atomic E-state index is 10.3. The second-order valence-corrected chi connectivity index (χ2v) is 4.57. The third-order valence-corrected chi connectivity index (χ3v) is 3.00. The van der Waals surface area contributed by atoms with E-state index in [9.17, 15) is 4.79 Å². The molecule has 1 fully saturated rings. The van der Waals surface area contributed by atoms with Gasteiger partial charge < -0.3 is 10.1 Å². The molecule has 0 amide bonds. The average molecular weight is 183 g/mol. The van der Waals surface area contributed by atoms with Gasteiger partial charge >= 0.3 is 0 Å². The molecular formula is C11H21NO. The van der Waals surface area contributed by atoms with E-state index in [1.807, 2.05) is 0 Å². The van der Waals surface area contributed by atoms with E-state index >= 15 is 0 Å². The predicted molar refractivity (Wildman–Crippen MR) is 54.8 cm³/mol. The molecule has 0 aromatic rings. The number of carbonyl (C=O) groups excluding carboxylic acids is 1. The molecule has 0 saturated heterocycles. The molecule has 1 unspecified atom stereocenters. The maximum atomic E-state index is 10.3. The third-order valence-electron chi connectivity index (χ3n) is 3.00. The fourth-order valence-corrected chi connectivity index (χ4v) is 2.27. The van der Waals surface area contributed by atoms with E-state index in [0.29, 0.717) is 18.0 Å². The summed E-state index contributed by atoms with van der Waals surface area (Å²) in [4.78, 5) is 10.3. The van der Waals surface area contributed by atoms with Crippen LogP contribution in [0.25, 0.3) is 0 Å². The lowest BCUT2D eigenvalue weighted by Gasteiger charge is -2.37. The molecule has 13 heavy (non-hydrogen) atoms. The van der Waals surface area contributed by atoms with Gasteiger partial charge in [-0.05, 0) is 26.7 Å². The molecule has 1 atom stereocenters. The lowest BCUT2D eigenvalue weighted by atomic mass is 9.83. The van der Waals surface area contributed by atoms with Crippen LogP contribution in [-0.2, 0) is 4.79 Å². The van der Waals surface area contributed by atoms with Crippen molar-refractivity contribution in [2.45, 2.75) is 64.0 Å². The Morgan fingerprint density at radius 2 is 2.00 bits per heavy atom. The van der Waals surface area contributed by atoms with E-state index in [0.717, 1.165) is 6.29 Å². The summed E-state index contributed by atoms with van der Waals surface area (Å²) in [6.45, 7) is 4.38. The molecule has 0 heterocycles. The molecule has 0 aliphatic heterocycles. The second kappa shape index (κ2) is 4.75. The van der Waals surface area contributed by atoms with Crippen molar-refractivity contribution in [2.75, 3.05) is 0 Å². The van der Waals surface area contributed by atoms with Crippen molar-refractivity contribution in [3.8, 4) is 0 Å². The largest absolute Gasteiger partial charge is 0.309 e. The van der Waals surface area contributed by atoms with Gasteiger partial charge in [-0.25, -0.2) is 0 Å².